The number of nitro groups is 2. The minimum atomic E-state index is -0.606. The van der Waals surface area contributed by atoms with Crippen LogP contribution in [0.15, 0.2) is 449 Å². The van der Waals surface area contributed by atoms with E-state index in [0.717, 1.165) is 5.46 Å². The Morgan fingerprint density at radius 2 is 0.443 bits per heavy atom. The average Bonchev–Trinajstić information content (AvgIpc) is 1.62. The second kappa shape index (κ2) is 48.7. The maximum Gasteiger partial charge on any atom is 0.496 e. The molecule has 0 saturated carbocycles. The zero-order valence-corrected chi connectivity index (χ0v) is 74.4. The minimum absolute atomic E-state index is 0. The van der Waals surface area contributed by atoms with E-state index in [4.69, 9.17) is 55.6 Å². The number of hydrogen-bond donors (Lipinski definition) is 2. The Kier molecular flexibility index (Phi) is 37.9. The predicted molar refractivity (Wildman–Crippen MR) is 525 cm³/mol. The monoisotopic (exact) mass is 1830 g/mol. The maximum absolute atomic E-state index is 11.0. The summed E-state index contributed by atoms with van der Waals surface area (Å²) in [5.74, 6) is 0. The number of rotatable bonds is 16. The van der Waals surface area contributed by atoms with E-state index in [1.807, 2.05) is 52.0 Å². The van der Waals surface area contributed by atoms with Crippen molar-refractivity contribution in [3.63, 3.8) is 0 Å². The van der Waals surface area contributed by atoms with Gasteiger partial charge in [-0.25, -0.2) is 0 Å². The topological polar surface area (TPSA) is 157 Å². The van der Waals surface area contributed by atoms with Gasteiger partial charge < -0.3 is 20.8 Å². The van der Waals surface area contributed by atoms with Crippen LogP contribution in [-0.4, -0.2) is 28.2 Å². The fourth-order valence-corrected chi connectivity index (χ4v) is 22.7. The van der Waals surface area contributed by atoms with Gasteiger partial charge >= 0.3 is 12.8 Å². The van der Waals surface area contributed by atoms with Crippen molar-refractivity contribution in [3.05, 3.63) is 484 Å². The molecule has 122 heavy (non-hydrogen) atoms. The van der Waals surface area contributed by atoms with Gasteiger partial charge in [-0.2, -0.15) is 0 Å². The second-order valence-electron chi connectivity index (χ2n) is 27.9. The van der Waals surface area contributed by atoms with Crippen LogP contribution in [0.3, 0.4) is 0 Å². The van der Waals surface area contributed by atoms with Gasteiger partial charge in [0, 0.05) is 42.8 Å². The zero-order chi connectivity index (χ0) is 84.5. The molecule has 10 nitrogen and oxygen atoms in total. The Hall–Kier alpha value is -10.8. The van der Waals surface area contributed by atoms with Gasteiger partial charge in [-0.15, -0.1) is 0 Å². The standard InChI is InChI=1S/4C18H15P.C12H18BNO2.C12H9ClN2O2.C6H3Cl2NO2.CH4.Pd/c4*1-4-10-16(11-5-1)19(17-12-6-2-7-13-17)18-14-8-3-9-15-18;1-11(2)12(3,4)16-13(15-11)9-7-5-6-8-10(9)14;13-10-6-3-5-9(12(10)15(16)17)8-4-1-2-7-11(8)14;7-4-2-1-3-5(8)6(4)9(10)11;;/h4*1-15H;5-8H,14H2,1-4H3;1-7H,14H2;1-3H;1H4;. The molecule has 16 aromatic carbocycles. The molecule has 0 amide bonds. The van der Waals surface area contributed by atoms with Gasteiger partial charge in [0.25, 0.3) is 5.69 Å². The van der Waals surface area contributed by atoms with E-state index in [1.54, 1.807) is 42.5 Å². The van der Waals surface area contributed by atoms with Gasteiger partial charge in [0.2, 0.25) is 0 Å². The second-order valence-corrected chi connectivity index (χ2v) is 38.0. The minimum Gasteiger partial charge on any atom is -0.399 e. The molecule has 1 heterocycles. The van der Waals surface area contributed by atoms with Gasteiger partial charge in [0.15, 0.2) is 0 Å². The summed E-state index contributed by atoms with van der Waals surface area (Å²) in [4.78, 5) is 20.2. The molecule has 17 rings (SSSR count). The summed E-state index contributed by atoms with van der Waals surface area (Å²) in [7, 11) is -2.15. The van der Waals surface area contributed by atoms with Crippen molar-refractivity contribution in [2.45, 2.75) is 46.3 Å². The van der Waals surface area contributed by atoms with Crippen LogP contribution in [0.2, 0.25) is 15.1 Å². The van der Waals surface area contributed by atoms with Crippen LogP contribution < -0.4 is 80.6 Å². The molecular weight excluding hydrogens is 1740 g/mol. The predicted octanol–water partition coefficient (Wildman–Crippen LogP) is 22.4. The van der Waals surface area contributed by atoms with Crippen LogP contribution in [0.5, 0.6) is 0 Å². The Morgan fingerprint density at radius 1 is 0.262 bits per heavy atom. The largest absolute Gasteiger partial charge is 0.496 e. The first kappa shape index (κ1) is 95.0. The first-order valence-corrected chi connectivity index (χ1v) is 45.2. The first-order chi connectivity index (χ1) is 58.4. The summed E-state index contributed by atoms with van der Waals surface area (Å²) in [6.45, 7) is 8.14. The number of halogens is 3. The number of anilines is 2. The smallest absolute Gasteiger partial charge is 0.399 e. The third-order valence-electron chi connectivity index (χ3n) is 19.2. The molecule has 0 atom stereocenters. The molecule has 616 valence electrons. The summed E-state index contributed by atoms with van der Waals surface area (Å²) in [6.07, 6.45) is 0. The van der Waals surface area contributed by atoms with Crippen LogP contribution in [0.4, 0.5) is 22.7 Å². The zero-order valence-electron chi connectivity index (χ0n) is 67.0. The van der Waals surface area contributed by atoms with Crippen LogP contribution in [0.25, 0.3) is 11.1 Å². The summed E-state index contributed by atoms with van der Waals surface area (Å²) >= 11 is 16.8. The Bertz CT molecular complexity index is 4900. The number of nitrogen functional groups attached to an aromatic ring is 2. The maximum atomic E-state index is 11.0. The Morgan fingerprint density at radius 3 is 0.648 bits per heavy atom. The molecule has 19 heteroatoms. The van der Waals surface area contributed by atoms with E-state index in [9.17, 15) is 20.2 Å². The number of benzene rings is 16. The van der Waals surface area contributed by atoms with E-state index in [2.05, 4.69) is 364 Å². The molecule has 16 aromatic rings. The molecule has 1 aliphatic heterocycles. The van der Waals surface area contributed by atoms with Gasteiger partial charge in [0.05, 0.1) is 26.6 Å². The summed E-state index contributed by atoms with van der Waals surface area (Å²) in [6, 6.07) is 153. The van der Waals surface area contributed by atoms with Crippen LogP contribution in [-0.2, 0) is 29.7 Å². The molecule has 4 N–H and O–H groups in total. The van der Waals surface area contributed by atoms with E-state index in [-0.39, 0.29) is 72.6 Å². The van der Waals surface area contributed by atoms with Gasteiger partial charge in [-0.3, -0.25) is 20.2 Å². The fraction of sp³-hybridized carbons (Fsp3) is 0.0680. The summed E-state index contributed by atoms with van der Waals surface area (Å²) in [5, 5.41) is 38.3. The number of nitrogens with zero attached hydrogens (tertiary/aromatic N) is 2. The molecule has 0 bridgehead atoms. The average molecular weight is 1830 g/mol. The van der Waals surface area contributed by atoms with Crippen molar-refractivity contribution in [2.75, 3.05) is 11.5 Å². The molecular formula is C103H94BCl3N4O6P4Pd. The number of hydrogen-bond acceptors (Lipinski definition) is 8. The molecule has 0 spiro atoms. The quantitative estimate of drug-likeness (QED) is 0.0318. The third kappa shape index (κ3) is 26.8. The van der Waals surface area contributed by atoms with Crippen molar-refractivity contribution >= 4 is 165 Å². The first-order valence-electron chi connectivity index (χ1n) is 38.7. The number of nitro benzene ring substituents is 2. The van der Waals surface area contributed by atoms with Crippen LogP contribution in [0, 0.1) is 20.2 Å². The molecule has 0 unspecified atom stereocenters. The van der Waals surface area contributed by atoms with E-state index in [0.29, 0.717) is 22.5 Å². The summed E-state index contributed by atoms with van der Waals surface area (Å²) in [5.41, 5.74) is 13.9. The number of nitrogens with two attached hydrogens (primary N) is 2. The summed E-state index contributed by atoms with van der Waals surface area (Å²) < 4.78 is 11.9. The van der Waals surface area contributed by atoms with Gasteiger partial charge in [-0.1, -0.05) is 455 Å². The molecule has 0 aliphatic carbocycles. The molecule has 1 aliphatic rings. The van der Waals surface area contributed by atoms with Gasteiger partial charge in [-0.05, 0) is 159 Å². The molecule has 1 saturated heterocycles. The SMILES string of the molecule is C.CC1(C)OB(c2ccccc2N)OC1(C)C.Nc1ccccc1-c1cccc(Cl)c1[N+](=O)[O-].O=[N+]([O-])c1c(Cl)cccc1Cl.[Pd].c1ccc(P(c2ccccc2)c2ccccc2)cc1.c1ccc(P(c2ccccc2)c2ccccc2)cc1.c1ccc(P(c2ccccc2)c2ccccc2)cc1.c1ccc(P(c2ccccc2)c2ccccc2)cc1. The van der Waals surface area contributed by atoms with Crippen molar-refractivity contribution in [2.24, 2.45) is 0 Å². The van der Waals surface area contributed by atoms with Crippen molar-refractivity contribution < 1.29 is 39.6 Å². The van der Waals surface area contributed by atoms with E-state index in [1.165, 1.54) is 81.9 Å². The van der Waals surface area contributed by atoms with Crippen LogP contribution >= 0.6 is 66.5 Å². The number of para-hydroxylation sites is 4. The normalized spacial score (nSPS) is 11.8. The molecule has 1 fully saturated rings. The molecule has 0 aromatic heterocycles. The molecule has 0 radical (unpaired) electrons. The van der Waals surface area contributed by atoms with E-state index >= 15 is 0 Å². The van der Waals surface area contributed by atoms with Gasteiger partial charge in [0.1, 0.15) is 15.1 Å². The van der Waals surface area contributed by atoms with Crippen molar-refractivity contribution in [1.29, 1.82) is 0 Å². The van der Waals surface area contributed by atoms with Crippen LogP contribution in [0.1, 0.15) is 35.1 Å². The van der Waals surface area contributed by atoms with Crippen molar-refractivity contribution in [1.82, 2.24) is 0 Å². The fourth-order valence-electron chi connectivity index (χ4n) is 12.7. The Labute approximate surface area is 752 Å². The van der Waals surface area contributed by atoms with Crippen molar-refractivity contribution in [3.8, 4) is 11.1 Å². The third-order valence-corrected chi connectivity index (χ3v) is 29.9. The van der Waals surface area contributed by atoms with E-state index < -0.39 is 41.5 Å². The Balaban J connectivity index is 0.000000162.